The van der Waals surface area contributed by atoms with Crippen LogP contribution in [0, 0.1) is 6.92 Å². The van der Waals surface area contributed by atoms with E-state index in [1.165, 1.54) is 18.3 Å². The second-order valence-electron chi connectivity index (χ2n) is 6.72. The third kappa shape index (κ3) is 3.74. The van der Waals surface area contributed by atoms with E-state index in [1.54, 1.807) is 25.4 Å². The van der Waals surface area contributed by atoms with Gasteiger partial charge in [-0.05, 0) is 42.8 Å². The van der Waals surface area contributed by atoms with Crippen LogP contribution in [0.3, 0.4) is 0 Å². The fourth-order valence-electron chi connectivity index (χ4n) is 2.96. The molecule has 0 aliphatic rings. The van der Waals surface area contributed by atoms with Gasteiger partial charge in [-0.25, -0.2) is 18.4 Å². The van der Waals surface area contributed by atoms with Crippen LogP contribution in [0.1, 0.15) is 15.9 Å². The van der Waals surface area contributed by atoms with Crippen LogP contribution in [0.25, 0.3) is 16.9 Å². The molecule has 2 aromatic heterocycles. The predicted molar refractivity (Wildman–Crippen MR) is 111 cm³/mol. The minimum Gasteiger partial charge on any atom is -0.322 e. The lowest BCUT2D eigenvalue weighted by Gasteiger charge is -2.10. The fourth-order valence-corrected chi connectivity index (χ4v) is 3.61. The van der Waals surface area contributed by atoms with Gasteiger partial charge < -0.3 is 5.32 Å². The van der Waals surface area contributed by atoms with Crippen molar-refractivity contribution in [3.63, 3.8) is 0 Å². The highest BCUT2D eigenvalue weighted by Crippen LogP contribution is 2.22. The molecule has 0 spiro atoms. The summed E-state index contributed by atoms with van der Waals surface area (Å²) in [6.07, 6.45) is 4.27. The number of hydrogen-bond acceptors (Lipinski definition) is 5. The van der Waals surface area contributed by atoms with E-state index in [2.05, 4.69) is 15.3 Å². The van der Waals surface area contributed by atoms with Crippen molar-refractivity contribution >= 4 is 32.6 Å². The number of aromatic nitrogens is 3. The van der Waals surface area contributed by atoms with Crippen LogP contribution in [0.15, 0.2) is 72.0 Å². The average Bonchev–Trinajstić information content (AvgIpc) is 3.12. The van der Waals surface area contributed by atoms with E-state index in [0.717, 1.165) is 17.5 Å². The van der Waals surface area contributed by atoms with Gasteiger partial charge in [0.15, 0.2) is 15.5 Å². The molecule has 8 heteroatoms. The Hall–Kier alpha value is -3.52. The number of anilines is 1. The number of nitrogens with one attached hydrogen (secondary N) is 1. The smallest absolute Gasteiger partial charge is 0.257 e. The minimum atomic E-state index is -3.37. The van der Waals surface area contributed by atoms with Gasteiger partial charge in [-0.1, -0.05) is 24.3 Å². The van der Waals surface area contributed by atoms with Crippen LogP contribution in [0.2, 0.25) is 0 Å². The molecule has 1 N–H and O–H groups in total. The number of pyridine rings is 1. The van der Waals surface area contributed by atoms with Gasteiger partial charge in [0.1, 0.15) is 11.8 Å². The summed E-state index contributed by atoms with van der Waals surface area (Å²) in [7, 11) is -3.37. The Labute approximate surface area is 168 Å². The van der Waals surface area contributed by atoms with Gasteiger partial charge in [0.05, 0.1) is 10.5 Å². The molecule has 0 aliphatic heterocycles. The summed E-state index contributed by atoms with van der Waals surface area (Å²) in [5, 5.41) is 2.76. The third-order valence-electron chi connectivity index (χ3n) is 4.57. The zero-order valence-corrected chi connectivity index (χ0v) is 16.6. The van der Waals surface area contributed by atoms with Crippen molar-refractivity contribution < 1.29 is 13.2 Å². The largest absolute Gasteiger partial charge is 0.322 e. The number of imidazole rings is 1. The molecular formula is C21H18N4O3S. The van der Waals surface area contributed by atoms with E-state index in [-0.39, 0.29) is 10.8 Å². The van der Waals surface area contributed by atoms with E-state index >= 15 is 0 Å². The Bertz CT molecular complexity index is 1330. The molecule has 1 amide bonds. The van der Waals surface area contributed by atoms with Crippen molar-refractivity contribution in [1.82, 2.24) is 14.5 Å². The first kappa shape index (κ1) is 18.8. The molecule has 0 atom stereocenters. The molecule has 2 heterocycles. The van der Waals surface area contributed by atoms with Gasteiger partial charge in [-0.2, -0.15) is 0 Å². The van der Waals surface area contributed by atoms with E-state index in [1.807, 2.05) is 34.9 Å². The quantitative estimate of drug-likeness (QED) is 0.561. The van der Waals surface area contributed by atoms with Crippen molar-refractivity contribution in [3.8, 4) is 5.69 Å². The topological polar surface area (TPSA) is 93.9 Å². The lowest BCUT2D eigenvalue weighted by atomic mass is 10.2. The SMILES string of the molecule is Cc1ccc(S(C)(=O)=O)cc1NC(=O)c1cnc2c(c1)ncn2-c1ccccc1. The highest BCUT2D eigenvalue weighted by atomic mass is 32.2. The number of carbonyl (C=O) groups is 1. The van der Waals surface area contributed by atoms with Crippen LogP contribution in [0.4, 0.5) is 5.69 Å². The molecule has 0 radical (unpaired) electrons. The van der Waals surface area contributed by atoms with Gasteiger partial charge in [0, 0.05) is 23.8 Å². The number of amides is 1. The van der Waals surface area contributed by atoms with E-state index in [9.17, 15) is 13.2 Å². The van der Waals surface area contributed by atoms with Crippen LogP contribution < -0.4 is 5.32 Å². The summed E-state index contributed by atoms with van der Waals surface area (Å²) in [5.41, 5.74) is 3.68. The number of rotatable bonds is 4. The van der Waals surface area contributed by atoms with E-state index in [4.69, 9.17) is 0 Å². The standard InChI is InChI=1S/C21H18N4O3S/c1-14-8-9-17(29(2,27)28)11-18(14)24-21(26)15-10-19-20(22-12-15)25(13-23-19)16-6-4-3-5-7-16/h3-13H,1-2H3,(H,24,26). The fraction of sp³-hybridized carbons (Fsp3) is 0.0952. The number of nitrogens with zero attached hydrogens (tertiary/aromatic N) is 3. The summed E-state index contributed by atoms with van der Waals surface area (Å²) in [6, 6.07) is 16.0. The minimum absolute atomic E-state index is 0.147. The molecule has 7 nitrogen and oxygen atoms in total. The van der Waals surface area contributed by atoms with E-state index in [0.29, 0.717) is 22.4 Å². The first-order valence-corrected chi connectivity index (χ1v) is 10.7. The maximum Gasteiger partial charge on any atom is 0.257 e. The number of benzene rings is 2. The van der Waals surface area contributed by atoms with Crippen LogP contribution in [-0.2, 0) is 9.84 Å². The zero-order chi connectivity index (χ0) is 20.6. The molecule has 2 aromatic carbocycles. The molecule has 146 valence electrons. The number of fused-ring (bicyclic) bond motifs is 1. The summed E-state index contributed by atoms with van der Waals surface area (Å²) >= 11 is 0. The molecule has 4 aromatic rings. The van der Waals surface area contributed by atoms with Crippen molar-refractivity contribution in [2.24, 2.45) is 0 Å². The predicted octanol–water partition coefficient (Wildman–Crippen LogP) is 3.38. The first-order valence-electron chi connectivity index (χ1n) is 8.83. The van der Waals surface area contributed by atoms with Gasteiger partial charge in [-0.3, -0.25) is 9.36 Å². The Kier molecular flexibility index (Phi) is 4.63. The van der Waals surface area contributed by atoms with Gasteiger partial charge in [0.25, 0.3) is 5.91 Å². The number of hydrogen-bond donors (Lipinski definition) is 1. The summed E-state index contributed by atoms with van der Waals surface area (Å²) in [4.78, 5) is 21.6. The van der Waals surface area contributed by atoms with E-state index < -0.39 is 9.84 Å². The highest BCUT2D eigenvalue weighted by molar-refractivity contribution is 7.90. The molecule has 0 aliphatic carbocycles. The Balaban J connectivity index is 1.65. The summed E-state index contributed by atoms with van der Waals surface area (Å²) in [6.45, 7) is 1.80. The van der Waals surface area contributed by atoms with Crippen molar-refractivity contribution in [1.29, 1.82) is 0 Å². The molecule has 4 rings (SSSR count). The number of para-hydroxylation sites is 1. The van der Waals surface area contributed by atoms with Gasteiger partial charge >= 0.3 is 0 Å². The van der Waals surface area contributed by atoms with Crippen LogP contribution >= 0.6 is 0 Å². The molecule has 0 saturated heterocycles. The van der Waals surface area contributed by atoms with Crippen LogP contribution in [0.5, 0.6) is 0 Å². The third-order valence-corrected chi connectivity index (χ3v) is 5.68. The Morgan fingerprint density at radius 1 is 1.03 bits per heavy atom. The van der Waals surface area contributed by atoms with Crippen molar-refractivity contribution in [3.05, 3.63) is 78.2 Å². The van der Waals surface area contributed by atoms with Crippen LogP contribution in [-0.4, -0.2) is 35.1 Å². The first-order chi connectivity index (χ1) is 13.8. The second-order valence-corrected chi connectivity index (χ2v) is 8.74. The van der Waals surface area contributed by atoms with Gasteiger partial charge in [-0.15, -0.1) is 0 Å². The zero-order valence-electron chi connectivity index (χ0n) is 15.8. The maximum absolute atomic E-state index is 12.7. The number of carbonyl (C=O) groups excluding carboxylic acids is 1. The normalized spacial score (nSPS) is 11.5. The Morgan fingerprint density at radius 3 is 2.52 bits per heavy atom. The Morgan fingerprint density at radius 2 is 1.79 bits per heavy atom. The molecule has 0 fully saturated rings. The molecule has 0 unspecified atom stereocenters. The maximum atomic E-state index is 12.7. The van der Waals surface area contributed by atoms with Crippen molar-refractivity contribution in [2.45, 2.75) is 11.8 Å². The monoisotopic (exact) mass is 406 g/mol. The average molecular weight is 406 g/mol. The summed E-state index contributed by atoms with van der Waals surface area (Å²) in [5.74, 6) is -0.387. The number of sulfone groups is 1. The lowest BCUT2D eigenvalue weighted by molar-refractivity contribution is 0.102. The van der Waals surface area contributed by atoms with Gasteiger partial charge in [0.2, 0.25) is 0 Å². The van der Waals surface area contributed by atoms with Crippen molar-refractivity contribution in [2.75, 3.05) is 11.6 Å². The molecule has 0 bridgehead atoms. The molecule has 29 heavy (non-hydrogen) atoms. The highest BCUT2D eigenvalue weighted by Gasteiger charge is 2.14. The molecule has 0 saturated carbocycles. The molecular weight excluding hydrogens is 388 g/mol. The number of aryl methyl sites for hydroxylation is 1. The summed E-state index contributed by atoms with van der Waals surface area (Å²) < 4.78 is 25.4. The second kappa shape index (κ2) is 7.14. The lowest BCUT2D eigenvalue weighted by Crippen LogP contribution is -2.14.